The highest BCUT2D eigenvalue weighted by Gasteiger charge is 2.44. The molecule has 44 heavy (non-hydrogen) atoms. The molecule has 0 radical (unpaired) electrons. The van der Waals surface area contributed by atoms with Crippen molar-refractivity contribution in [2.24, 2.45) is 0 Å². The van der Waals surface area contributed by atoms with Crippen LogP contribution in [-0.2, 0) is 35.5 Å². The van der Waals surface area contributed by atoms with Crippen molar-refractivity contribution in [1.29, 1.82) is 0 Å². The fourth-order valence-electron chi connectivity index (χ4n) is 4.86. The second-order valence-electron chi connectivity index (χ2n) is 10.3. The summed E-state index contributed by atoms with van der Waals surface area (Å²) in [5.41, 5.74) is -13.5. The Kier molecular flexibility index (Phi) is 8.95. The van der Waals surface area contributed by atoms with E-state index in [1.54, 1.807) is 0 Å². The maximum atomic E-state index is 13.9. The van der Waals surface area contributed by atoms with Gasteiger partial charge >= 0.3 is 30.9 Å². The van der Waals surface area contributed by atoms with E-state index >= 15 is 0 Å². The van der Waals surface area contributed by atoms with Gasteiger partial charge in [-0.25, -0.2) is 0 Å². The largest absolute Gasteiger partial charge is 0.577 e. The highest BCUT2D eigenvalue weighted by Crippen LogP contribution is 2.38. The summed E-state index contributed by atoms with van der Waals surface area (Å²) in [5.74, 6) is 0. The normalized spacial score (nSPS) is 14.0. The number of hydrogen-bond donors (Lipinski definition) is 0. The predicted molar refractivity (Wildman–Crippen MR) is 130 cm³/mol. The van der Waals surface area contributed by atoms with Gasteiger partial charge in [0.15, 0.2) is 6.35 Å². The molecule has 3 aromatic carbocycles. The van der Waals surface area contributed by atoms with E-state index in [0.717, 1.165) is 26.8 Å². The number of benzene rings is 3. The Bertz CT molecular complexity index is 1370. The summed E-state index contributed by atoms with van der Waals surface area (Å²) in [6.07, 6.45) is -33.1. The van der Waals surface area contributed by atoms with Gasteiger partial charge in [-0.15, -0.1) is 0 Å². The van der Waals surface area contributed by atoms with Gasteiger partial charge in [0, 0.05) is 6.10 Å². The van der Waals surface area contributed by atoms with Crippen LogP contribution in [0, 0.1) is 6.92 Å². The van der Waals surface area contributed by atoms with Gasteiger partial charge in [0.1, 0.15) is 0 Å². The van der Waals surface area contributed by atoms with Crippen LogP contribution in [0.3, 0.4) is 0 Å². The average molecular weight is 655 g/mol. The lowest BCUT2D eigenvalue weighted by Gasteiger charge is -2.47. The van der Waals surface area contributed by atoms with E-state index in [2.05, 4.69) is 0 Å². The van der Waals surface area contributed by atoms with Gasteiger partial charge in [-0.2, -0.15) is 82.2 Å². The summed E-state index contributed by atoms with van der Waals surface area (Å²) in [7, 11) is 0. The molecule has 0 saturated carbocycles. The molecule has 17 heteroatoms. The first-order valence-electron chi connectivity index (χ1n) is 12.3. The Labute approximate surface area is 239 Å². The van der Waals surface area contributed by atoms with Gasteiger partial charge in [0.25, 0.3) is 0 Å². The van der Waals surface area contributed by atoms with Crippen LogP contribution in [0.4, 0.5) is 65.9 Å². The first kappa shape index (κ1) is 35.1. The van der Waals surface area contributed by atoms with Crippen molar-refractivity contribution in [3.8, 4) is 0 Å². The molecule has 3 aromatic rings. The van der Waals surface area contributed by atoms with E-state index < -0.39 is 87.5 Å². The highest BCUT2D eigenvalue weighted by atomic mass is 19.4. The molecule has 0 aliphatic heterocycles. The van der Waals surface area contributed by atoms with Crippen molar-refractivity contribution < 1.29 is 70.5 Å². The molecule has 0 saturated heterocycles. The van der Waals surface area contributed by atoms with E-state index in [1.807, 2.05) is 0 Å². The fraction of sp³-hybridized carbons (Fsp3) is 0.333. The lowest BCUT2D eigenvalue weighted by atomic mass is 9.27. The second kappa shape index (κ2) is 11.2. The minimum atomic E-state index is -5.55. The molecule has 0 bridgehead atoms. The lowest BCUT2D eigenvalue weighted by molar-refractivity contribution is -0.144. The van der Waals surface area contributed by atoms with Crippen molar-refractivity contribution in [2.75, 3.05) is 0 Å². The van der Waals surface area contributed by atoms with Crippen molar-refractivity contribution in [3.05, 3.63) is 88.0 Å². The smallest absolute Gasteiger partial charge is 0.416 e. The van der Waals surface area contributed by atoms with Gasteiger partial charge in [0.05, 0.1) is 27.8 Å². The van der Waals surface area contributed by atoms with Crippen molar-refractivity contribution in [2.45, 2.75) is 57.8 Å². The Morgan fingerprint density at radius 3 is 0.932 bits per heavy atom. The van der Waals surface area contributed by atoms with Crippen LogP contribution < -0.4 is 16.4 Å². The zero-order valence-electron chi connectivity index (χ0n) is 22.4. The third-order valence-electron chi connectivity index (χ3n) is 6.53. The molecular formula is C27H19BF15O-. The van der Waals surface area contributed by atoms with E-state index in [0.29, 0.717) is 6.07 Å². The Balaban J connectivity index is 2.74. The van der Waals surface area contributed by atoms with Crippen LogP contribution in [0.1, 0.15) is 47.2 Å². The molecule has 1 nitrogen and oxygen atoms in total. The van der Waals surface area contributed by atoms with Crippen LogP contribution in [0.5, 0.6) is 0 Å². The zero-order valence-corrected chi connectivity index (χ0v) is 22.4. The van der Waals surface area contributed by atoms with Crippen LogP contribution in [-0.4, -0.2) is 12.5 Å². The molecule has 0 N–H and O–H groups in total. The van der Waals surface area contributed by atoms with Gasteiger partial charge in [-0.1, -0.05) is 42.0 Å². The summed E-state index contributed by atoms with van der Waals surface area (Å²) in [4.78, 5) is 0. The molecule has 0 unspecified atom stereocenters. The number of halogens is 15. The standard InChI is InChI=1S/C27H19BF15O/c1-13(2)44-28(20-5-14(3)4-15(8-20)23(29,30)31,21-9-16(24(32,33)34)6-17(10-21)25(35,36)37)22-11-18(26(38,39)40)7-19(12-22)27(41,42)43/h4-13H,1-3H3/q-1. The molecule has 0 spiro atoms. The number of alkyl halides is 15. The van der Waals surface area contributed by atoms with Gasteiger partial charge in [-0.3, -0.25) is 0 Å². The Hall–Kier alpha value is -3.37. The molecule has 0 atom stereocenters. The molecular weight excluding hydrogens is 636 g/mol. The van der Waals surface area contributed by atoms with Crippen LogP contribution >= 0.6 is 0 Å². The third-order valence-corrected chi connectivity index (χ3v) is 6.53. The van der Waals surface area contributed by atoms with E-state index in [4.69, 9.17) is 4.65 Å². The molecule has 0 heterocycles. The van der Waals surface area contributed by atoms with Crippen LogP contribution in [0.2, 0.25) is 0 Å². The fourth-order valence-corrected chi connectivity index (χ4v) is 4.86. The monoisotopic (exact) mass is 655 g/mol. The first-order chi connectivity index (χ1) is 19.7. The molecule has 0 aromatic heterocycles. The molecule has 242 valence electrons. The summed E-state index contributed by atoms with van der Waals surface area (Å²) < 4.78 is 214. The molecule has 0 aliphatic carbocycles. The lowest BCUT2D eigenvalue weighted by Crippen LogP contribution is -2.70. The Morgan fingerprint density at radius 2 is 0.682 bits per heavy atom. The summed E-state index contributed by atoms with van der Waals surface area (Å²) >= 11 is 0. The van der Waals surface area contributed by atoms with Crippen LogP contribution in [0.15, 0.2) is 54.6 Å². The summed E-state index contributed by atoms with van der Waals surface area (Å²) in [6, 6.07) is 0.785. The predicted octanol–water partition coefficient (Wildman–Crippen LogP) is 8.48. The topological polar surface area (TPSA) is 9.23 Å². The van der Waals surface area contributed by atoms with Gasteiger partial charge in [0.2, 0.25) is 0 Å². The zero-order chi connectivity index (χ0) is 33.8. The van der Waals surface area contributed by atoms with E-state index in [-0.39, 0.29) is 48.0 Å². The number of aryl methyl sites for hydroxylation is 1. The Morgan fingerprint density at radius 1 is 0.432 bits per heavy atom. The quantitative estimate of drug-likeness (QED) is 0.198. The average Bonchev–Trinajstić information content (AvgIpc) is 2.83. The van der Waals surface area contributed by atoms with Gasteiger partial charge in [-0.05, 0) is 39.0 Å². The summed E-state index contributed by atoms with van der Waals surface area (Å²) in [5, 5.41) is 0. The van der Waals surface area contributed by atoms with Crippen LogP contribution in [0.25, 0.3) is 0 Å². The first-order valence-corrected chi connectivity index (χ1v) is 12.3. The maximum Gasteiger partial charge on any atom is 0.416 e. The van der Waals surface area contributed by atoms with Crippen molar-refractivity contribution >= 4 is 22.7 Å². The van der Waals surface area contributed by atoms with E-state index in [1.165, 1.54) is 0 Å². The SMILES string of the molecule is Cc1cc([B-](OC(C)C)(c2cc(C(F)(F)F)cc(C(F)(F)F)c2)c2cc(C(F)(F)F)cc(C(F)(F)F)c2)cc(C(F)(F)F)c1. The molecule has 0 fully saturated rings. The molecule has 0 aliphatic rings. The minimum absolute atomic E-state index is 0.000733. The molecule has 3 rings (SSSR count). The molecule has 0 amide bonds. The van der Waals surface area contributed by atoms with Crippen molar-refractivity contribution in [1.82, 2.24) is 0 Å². The third kappa shape index (κ3) is 7.46. The number of rotatable bonds is 5. The van der Waals surface area contributed by atoms with Crippen molar-refractivity contribution in [3.63, 3.8) is 0 Å². The highest BCUT2D eigenvalue weighted by molar-refractivity contribution is 7.07. The van der Waals surface area contributed by atoms with E-state index in [9.17, 15) is 65.9 Å². The summed E-state index contributed by atoms with van der Waals surface area (Å²) in [6.45, 7) is 3.20. The second-order valence-corrected chi connectivity index (χ2v) is 10.3. The van der Waals surface area contributed by atoms with Gasteiger partial charge < -0.3 is 4.65 Å². The maximum absolute atomic E-state index is 13.9. The minimum Gasteiger partial charge on any atom is -0.577 e. The number of hydrogen-bond acceptors (Lipinski definition) is 1.